The second-order valence-corrected chi connectivity index (χ2v) is 4.43. The molecule has 1 heterocycles. The Balaban J connectivity index is 2.66. The van der Waals surface area contributed by atoms with Crippen LogP contribution in [-0.4, -0.2) is 31.8 Å². The highest BCUT2D eigenvalue weighted by atomic mass is 16.4. The highest BCUT2D eigenvalue weighted by molar-refractivity contribution is 5.92. The fourth-order valence-corrected chi connectivity index (χ4v) is 2.21. The summed E-state index contributed by atoms with van der Waals surface area (Å²) in [6.45, 7) is 3.37. The summed E-state index contributed by atoms with van der Waals surface area (Å²) in [6.07, 6.45) is 0. The summed E-state index contributed by atoms with van der Waals surface area (Å²) in [5.74, 6) is -2.62. The molecule has 0 unspecified atom stereocenters. The van der Waals surface area contributed by atoms with Gasteiger partial charge in [0.25, 0.3) is 0 Å². The van der Waals surface area contributed by atoms with Crippen LogP contribution in [0.4, 0.5) is 0 Å². The van der Waals surface area contributed by atoms with Crippen LogP contribution in [0.25, 0.3) is 5.69 Å². The topological polar surface area (TPSA) is 99.8 Å². The van der Waals surface area contributed by atoms with Crippen molar-refractivity contribution in [3.05, 3.63) is 46.8 Å². The lowest BCUT2D eigenvalue weighted by molar-refractivity contribution is 0.0683. The fraction of sp³-hybridized carbons (Fsp3) is 0.143. The molecule has 2 aromatic rings. The minimum atomic E-state index is -1.25. The summed E-state index contributed by atoms with van der Waals surface area (Å²) in [6, 6.07) is 5.64. The molecule has 1 aromatic heterocycles. The summed E-state index contributed by atoms with van der Waals surface area (Å²) in [5, 5.41) is 27.6. The molecule has 0 saturated heterocycles. The zero-order valence-corrected chi connectivity index (χ0v) is 10.9. The summed E-state index contributed by atoms with van der Waals surface area (Å²) in [4.78, 5) is 22.1. The van der Waals surface area contributed by atoms with Crippen molar-refractivity contribution in [3.63, 3.8) is 0 Å². The molecule has 6 heteroatoms. The third-order valence-electron chi connectivity index (χ3n) is 3.13. The Labute approximate surface area is 114 Å². The lowest BCUT2D eigenvalue weighted by atomic mass is 10.1. The summed E-state index contributed by atoms with van der Waals surface area (Å²) < 4.78 is 1.63. The second kappa shape index (κ2) is 4.73. The van der Waals surface area contributed by atoms with Crippen molar-refractivity contribution >= 4 is 11.9 Å². The maximum atomic E-state index is 11.1. The quantitative estimate of drug-likeness (QED) is 0.797. The van der Waals surface area contributed by atoms with E-state index in [2.05, 4.69) is 0 Å². The number of carboxylic acids is 2. The second-order valence-electron chi connectivity index (χ2n) is 4.43. The zero-order chi connectivity index (χ0) is 15.0. The van der Waals surface area contributed by atoms with Gasteiger partial charge in [-0.05, 0) is 38.1 Å². The van der Waals surface area contributed by atoms with Crippen LogP contribution in [0.3, 0.4) is 0 Å². The van der Waals surface area contributed by atoms with Gasteiger partial charge in [-0.1, -0.05) is 0 Å². The van der Waals surface area contributed by atoms with Gasteiger partial charge in [0.1, 0.15) is 11.3 Å². The molecule has 0 radical (unpaired) electrons. The van der Waals surface area contributed by atoms with Crippen molar-refractivity contribution in [2.45, 2.75) is 13.8 Å². The minimum Gasteiger partial charge on any atom is -0.507 e. The van der Waals surface area contributed by atoms with Crippen molar-refractivity contribution in [2.75, 3.05) is 0 Å². The number of aromatic hydroxyl groups is 1. The van der Waals surface area contributed by atoms with E-state index in [9.17, 15) is 14.7 Å². The normalized spacial score (nSPS) is 10.5. The fourth-order valence-electron chi connectivity index (χ4n) is 2.21. The standard InChI is InChI=1S/C14H13NO5/c1-7-5-10(13(17)18)8(2)15(7)9-3-4-12(16)11(6-9)14(19)20/h3-6,16H,1-2H3,(H,17,18)(H,19,20). The molecule has 2 rings (SSSR count). The first-order valence-corrected chi connectivity index (χ1v) is 5.82. The first kappa shape index (κ1) is 13.7. The summed E-state index contributed by atoms with van der Waals surface area (Å²) in [5.41, 5.74) is 1.58. The Morgan fingerprint density at radius 3 is 2.10 bits per heavy atom. The lowest BCUT2D eigenvalue weighted by Gasteiger charge is -2.11. The van der Waals surface area contributed by atoms with Crippen LogP contribution in [-0.2, 0) is 0 Å². The number of rotatable bonds is 3. The number of phenols is 1. The van der Waals surface area contributed by atoms with Gasteiger partial charge in [-0.2, -0.15) is 0 Å². The van der Waals surface area contributed by atoms with Crippen molar-refractivity contribution in [2.24, 2.45) is 0 Å². The number of aryl methyl sites for hydroxylation is 1. The van der Waals surface area contributed by atoms with Gasteiger partial charge >= 0.3 is 11.9 Å². The van der Waals surface area contributed by atoms with Crippen molar-refractivity contribution in [3.8, 4) is 11.4 Å². The largest absolute Gasteiger partial charge is 0.507 e. The molecule has 6 nitrogen and oxygen atoms in total. The van der Waals surface area contributed by atoms with E-state index in [1.807, 2.05) is 0 Å². The van der Waals surface area contributed by atoms with Gasteiger partial charge in [0.2, 0.25) is 0 Å². The minimum absolute atomic E-state index is 0.160. The van der Waals surface area contributed by atoms with Gasteiger partial charge in [-0.3, -0.25) is 0 Å². The first-order valence-electron chi connectivity index (χ1n) is 5.82. The van der Waals surface area contributed by atoms with E-state index in [-0.39, 0.29) is 16.9 Å². The summed E-state index contributed by atoms with van der Waals surface area (Å²) in [7, 11) is 0. The molecule has 3 N–H and O–H groups in total. The van der Waals surface area contributed by atoms with Gasteiger partial charge in [-0.15, -0.1) is 0 Å². The molecule has 0 aliphatic carbocycles. The van der Waals surface area contributed by atoms with Gasteiger partial charge in [0.15, 0.2) is 0 Å². The van der Waals surface area contributed by atoms with E-state index >= 15 is 0 Å². The predicted molar refractivity (Wildman–Crippen MR) is 70.8 cm³/mol. The molecular formula is C14H13NO5. The van der Waals surface area contributed by atoms with E-state index in [1.54, 1.807) is 18.4 Å². The van der Waals surface area contributed by atoms with Gasteiger partial charge < -0.3 is 19.9 Å². The van der Waals surface area contributed by atoms with E-state index in [1.165, 1.54) is 24.3 Å². The number of nitrogens with zero attached hydrogens (tertiary/aromatic N) is 1. The van der Waals surface area contributed by atoms with Crippen LogP contribution in [0.15, 0.2) is 24.3 Å². The molecular weight excluding hydrogens is 262 g/mol. The number of carbonyl (C=O) groups is 2. The smallest absolute Gasteiger partial charge is 0.339 e. The monoisotopic (exact) mass is 275 g/mol. The van der Waals surface area contributed by atoms with E-state index in [0.29, 0.717) is 17.1 Å². The Bertz CT molecular complexity index is 715. The predicted octanol–water partition coefficient (Wildman–Crippen LogP) is 2.20. The van der Waals surface area contributed by atoms with Crippen LogP contribution in [0.5, 0.6) is 5.75 Å². The van der Waals surface area contributed by atoms with Crippen molar-refractivity contribution in [1.82, 2.24) is 4.57 Å². The highest BCUT2D eigenvalue weighted by Crippen LogP contribution is 2.25. The first-order chi connectivity index (χ1) is 9.32. The molecule has 0 saturated carbocycles. The van der Waals surface area contributed by atoms with Gasteiger partial charge in [-0.25, -0.2) is 9.59 Å². The maximum Gasteiger partial charge on any atom is 0.339 e. The Hall–Kier alpha value is -2.76. The number of benzene rings is 1. The van der Waals surface area contributed by atoms with Crippen LogP contribution in [0, 0.1) is 13.8 Å². The summed E-state index contributed by atoms with van der Waals surface area (Å²) >= 11 is 0. The number of carboxylic acid groups (broad SMARTS) is 2. The molecule has 0 bridgehead atoms. The van der Waals surface area contributed by atoms with Gasteiger partial charge in [0.05, 0.1) is 5.56 Å². The molecule has 0 fully saturated rings. The van der Waals surface area contributed by atoms with E-state index in [4.69, 9.17) is 10.2 Å². The van der Waals surface area contributed by atoms with Crippen LogP contribution in [0.1, 0.15) is 32.1 Å². The van der Waals surface area contributed by atoms with Crippen LogP contribution in [0.2, 0.25) is 0 Å². The molecule has 20 heavy (non-hydrogen) atoms. The third-order valence-corrected chi connectivity index (χ3v) is 3.13. The van der Waals surface area contributed by atoms with Crippen LogP contribution < -0.4 is 0 Å². The van der Waals surface area contributed by atoms with E-state index < -0.39 is 11.9 Å². The molecule has 104 valence electrons. The van der Waals surface area contributed by atoms with Crippen LogP contribution >= 0.6 is 0 Å². The average molecular weight is 275 g/mol. The highest BCUT2D eigenvalue weighted by Gasteiger charge is 2.17. The third kappa shape index (κ3) is 2.11. The van der Waals surface area contributed by atoms with Gasteiger partial charge in [0, 0.05) is 17.1 Å². The number of hydrogen-bond donors (Lipinski definition) is 3. The maximum absolute atomic E-state index is 11.1. The lowest BCUT2D eigenvalue weighted by Crippen LogP contribution is -2.04. The number of aromatic nitrogens is 1. The molecule has 0 spiro atoms. The Morgan fingerprint density at radius 1 is 1.00 bits per heavy atom. The number of aromatic carboxylic acids is 2. The van der Waals surface area contributed by atoms with E-state index in [0.717, 1.165) is 0 Å². The number of hydrogen-bond acceptors (Lipinski definition) is 3. The average Bonchev–Trinajstić information content (AvgIpc) is 2.66. The molecule has 0 aliphatic rings. The Morgan fingerprint density at radius 2 is 1.60 bits per heavy atom. The molecule has 0 aliphatic heterocycles. The van der Waals surface area contributed by atoms with Crippen molar-refractivity contribution < 1.29 is 24.9 Å². The SMILES string of the molecule is Cc1cc(C(=O)O)c(C)n1-c1ccc(O)c(C(=O)O)c1. The zero-order valence-electron chi connectivity index (χ0n) is 10.9. The Kier molecular flexibility index (Phi) is 3.23. The van der Waals surface area contributed by atoms with Crippen molar-refractivity contribution in [1.29, 1.82) is 0 Å². The molecule has 0 atom stereocenters. The molecule has 0 amide bonds. The molecule has 1 aromatic carbocycles.